The Morgan fingerprint density at radius 3 is 1.29 bits per heavy atom. The smallest absolute Gasteiger partial charge is 0 e. The van der Waals surface area contributed by atoms with Crippen molar-refractivity contribution in [1.29, 1.82) is 0 Å². The van der Waals surface area contributed by atoms with E-state index in [1.54, 1.807) is 0 Å². The molecule has 0 bridgehead atoms. The molecule has 7 heavy (non-hydrogen) atoms. The van der Waals surface area contributed by atoms with E-state index in [-0.39, 0.29) is 19.5 Å². The minimum atomic E-state index is 0. The van der Waals surface area contributed by atoms with E-state index < -0.39 is 0 Å². The summed E-state index contributed by atoms with van der Waals surface area (Å²) < 4.78 is 0. The summed E-state index contributed by atoms with van der Waals surface area (Å²) in [5.74, 6) is 0. The van der Waals surface area contributed by atoms with Crippen LogP contribution in [0.15, 0.2) is 0 Å². The van der Waals surface area contributed by atoms with Gasteiger partial charge < -0.3 is 11.5 Å². The summed E-state index contributed by atoms with van der Waals surface area (Å²) in [5, 5.41) is 0. The van der Waals surface area contributed by atoms with Crippen LogP contribution in [-0.2, 0) is 43.2 Å². The summed E-state index contributed by atoms with van der Waals surface area (Å²) >= 11 is 0.733. The molecule has 2 nitrogen and oxygen atoms in total. The Kier molecular flexibility index (Phi) is 57.3. The number of rotatable bonds is 1. The van der Waals surface area contributed by atoms with Crippen molar-refractivity contribution in [3.8, 4) is 0 Å². The van der Waals surface area contributed by atoms with Crippen LogP contribution in [0, 0.1) is 0 Å². The summed E-state index contributed by atoms with van der Waals surface area (Å²) in [7, 11) is 4.25. The molecule has 0 saturated carbocycles. The van der Waals surface area contributed by atoms with Gasteiger partial charge in [-0.15, -0.1) is 0 Å². The van der Waals surface area contributed by atoms with Crippen LogP contribution in [-0.4, -0.2) is 13.1 Å². The minimum absolute atomic E-state index is 0. The fourth-order valence-corrected chi connectivity index (χ4v) is 0. The van der Waals surface area contributed by atoms with Gasteiger partial charge in [0.2, 0.25) is 0 Å². The molecule has 36 valence electrons. The van der Waals surface area contributed by atoms with E-state index in [2.05, 4.69) is 8.65 Å². The molecule has 0 aromatic rings. The molecular weight excluding hydrogens is 262 g/mol. The normalized spacial score (nSPS) is 5.14. The molecule has 0 aromatic carbocycles. The van der Waals surface area contributed by atoms with Crippen LogP contribution >= 0.6 is 8.65 Å². The quantitative estimate of drug-likeness (QED) is 0.634. The summed E-state index contributed by atoms with van der Waals surface area (Å²) in [4.78, 5) is 0. The Labute approximate surface area is 75.7 Å². The average molecular weight is 270 g/mol. The standard InChI is InChI=1S/C2H8N2.Cd.S.Zn/c3-1-2-4;;;/h1-4H2;;;. The maximum absolute atomic E-state index is 4.90. The first-order chi connectivity index (χ1) is 2.91. The van der Waals surface area contributed by atoms with Gasteiger partial charge in [0.1, 0.15) is 0 Å². The zero-order valence-electron chi connectivity index (χ0n) is 4.39. The van der Waals surface area contributed by atoms with Crippen molar-refractivity contribution in [2.45, 2.75) is 0 Å². The first-order valence-corrected chi connectivity index (χ1v) is 7.13. The van der Waals surface area contributed by atoms with Gasteiger partial charge in [0.15, 0.2) is 0 Å². The van der Waals surface area contributed by atoms with Gasteiger partial charge >= 0.3 is 32.3 Å². The van der Waals surface area contributed by atoms with E-state index >= 15 is 0 Å². The van der Waals surface area contributed by atoms with E-state index in [1.165, 1.54) is 0 Å². The predicted molar refractivity (Wildman–Crippen MR) is 25.7 cm³/mol. The average Bonchev–Trinajstić information content (AvgIpc) is 1.72. The van der Waals surface area contributed by atoms with E-state index in [9.17, 15) is 0 Å². The Hall–Kier alpha value is 1.69. The van der Waals surface area contributed by atoms with Gasteiger partial charge in [-0.25, -0.2) is 0 Å². The van der Waals surface area contributed by atoms with Gasteiger partial charge in [-0.2, -0.15) is 0 Å². The molecule has 0 radical (unpaired) electrons. The minimum Gasteiger partial charge on any atom is 0 e. The van der Waals surface area contributed by atoms with Crippen molar-refractivity contribution in [3.05, 3.63) is 0 Å². The maximum Gasteiger partial charge on any atom is 0 e. The molecule has 0 spiro atoms. The van der Waals surface area contributed by atoms with Crippen molar-refractivity contribution < 1.29 is 43.2 Å². The number of nitrogens with two attached hydrogens (primary N) is 2. The fourth-order valence-electron chi connectivity index (χ4n) is 0. The number of hydrogen-bond donors (Lipinski definition) is 2. The van der Waals surface area contributed by atoms with E-state index in [4.69, 9.17) is 11.5 Å². The number of hydrogen-bond acceptors (Lipinski definition) is 3. The molecule has 5 heteroatoms. The molecule has 0 heterocycles. The topological polar surface area (TPSA) is 52.0 Å². The second-order valence-electron chi connectivity index (χ2n) is 0.577. The molecule has 0 unspecified atom stereocenters. The van der Waals surface area contributed by atoms with Crippen molar-refractivity contribution >= 4 is 8.65 Å². The molecule has 0 atom stereocenters. The summed E-state index contributed by atoms with van der Waals surface area (Å²) in [5.41, 5.74) is 9.81. The molecule has 0 saturated heterocycles. The zero-order chi connectivity index (χ0) is 5.41. The van der Waals surface area contributed by atoms with Gasteiger partial charge in [-0.3, -0.25) is 0 Å². The van der Waals surface area contributed by atoms with Crippen molar-refractivity contribution in [2.24, 2.45) is 11.5 Å². The van der Waals surface area contributed by atoms with Gasteiger partial charge in [0.05, 0.1) is 0 Å². The Morgan fingerprint density at radius 2 is 1.29 bits per heavy atom. The fraction of sp³-hybridized carbons (Fsp3) is 1.00. The van der Waals surface area contributed by atoms with Gasteiger partial charge in [-0.05, 0) is 0 Å². The largest absolute Gasteiger partial charge is 0 e. The molecular formula is C2H8CdN2SZn. The molecule has 0 aromatic heterocycles. The first-order valence-electron chi connectivity index (χ1n) is 1.61. The summed E-state index contributed by atoms with van der Waals surface area (Å²) in [6.07, 6.45) is 0. The van der Waals surface area contributed by atoms with Crippen LogP contribution < -0.4 is 11.5 Å². The monoisotopic (exact) mass is 270 g/mol. The molecule has 0 aliphatic heterocycles. The third kappa shape index (κ3) is 34.4. The molecule has 0 aliphatic rings. The Morgan fingerprint density at radius 1 is 1.14 bits per heavy atom. The third-order valence-electron chi connectivity index (χ3n) is 0.167. The van der Waals surface area contributed by atoms with Crippen LogP contribution in [0.4, 0.5) is 0 Å². The van der Waals surface area contributed by atoms with E-state index in [0.29, 0.717) is 13.1 Å². The van der Waals surface area contributed by atoms with Crippen LogP contribution in [0.25, 0.3) is 0 Å². The van der Waals surface area contributed by atoms with Gasteiger partial charge in [0.25, 0.3) is 0 Å². The van der Waals surface area contributed by atoms with Crippen molar-refractivity contribution in [3.63, 3.8) is 0 Å². The van der Waals surface area contributed by atoms with Crippen LogP contribution in [0.3, 0.4) is 0 Å². The molecule has 4 N–H and O–H groups in total. The third-order valence-corrected chi connectivity index (χ3v) is 0.167. The van der Waals surface area contributed by atoms with Crippen LogP contribution in [0.5, 0.6) is 0 Å². The van der Waals surface area contributed by atoms with E-state index in [1.807, 2.05) is 0 Å². The van der Waals surface area contributed by atoms with Crippen molar-refractivity contribution in [2.75, 3.05) is 13.1 Å². The van der Waals surface area contributed by atoms with Crippen LogP contribution in [0.2, 0.25) is 0 Å². The SMILES string of the molecule is NCCN.[S]=[Cd].[Zn]. The molecule has 0 rings (SSSR count). The molecule has 0 fully saturated rings. The molecule has 0 aliphatic carbocycles. The molecule has 0 amide bonds. The van der Waals surface area contributed by atoms with Crippen molar-refractivity contribution in [1.82, 2.24) is 0 Å². The maximum atomic E-state index is 4.90. The predicted octanol–water partition coefficient (Wildman–Crippen LogP) is -0.453. The van der Waals surface area contributed by atoms with Crippen LogP contribution in [0.1, 0.15) is 0 Å². The first kappa shape index (κ1) is 15.9. The van der Waals surface area contributed by atoms with Gasteiger partial charge in [-0.1, -0.05) is 0 Å². The second-order valence-corrected chi connectivity index (χ2v) is 0.577. The van der Waals surface area contributed by atoms with Gasteiger partial charge in [0, 0.05) is 32.6 Å². The second kappa shape index (κ2) is 25.3. The Balaban J connectivity index is -0.0000000480. The Bertz CT molecular complexity index is 23.2. The van der Waals surface area contributed by atoms with E-state index in [0.717, 1.165) is 23.7 Å². The summed E-state index contributed by atoms with van der Waals surface area (Å²) in [6, 6.07) is 0. The summed E-state index contributed by atoms with van der Waals surface area (Å²) in [6.45, 7) is 1.19. The zero-order valence-corrected chi connectivity index (χ0v) is 12.2.